The van der Waals surface area contributed by atoms with Gasteiger partial charge in [0.15, 0.2) is 12.2 Å². The highest BCUT2D eigenvalue weighted by Crippen LogP contribution is 2.45. The summed E-state index contributed by atoms with van der Waals surface area (Å²) in [6.07, 6.45) is 63.3. The largest absolute Gasteiger partial charge is 0.472 e. The number of aliphatic hydroxyl groups excluding tert-OH is 1. The van der Waals surface area contributed by atoms with Crippen molar-refractivity contribution in [1.82, 2.24) is 0 Å². The fourth-order valence-electron chi connectivity index (χ4n) is 11.2. The molecule has 0 spiro atoms. The molecule has 0 aromatic heterocycles. The molecule has 5 atom stereocenters. The number of carbonyl (C=O) groups is 4. The zero-order valence-electron chi connectivity index (χ0n) is 61.1. The standard InChI is InChI=1S/C76H144O17P2/c1-5-9-13-17-21-24-27-30-33-35-38-41-44-47-51-55-59-63-76(81)93-72(67-87-74(79)61-57-53-49-45-42-39-37-34-31-28-25-22-18-14-10-6-2)69-91-95(84,85)89-65-70(77)64-88-94(82,83)90-68-71(66-86-73(78)60-56-52-48-20-16-12-8-4)92-75(80)62-58-54-50-46-43-40-36-32-29-26-23-19-15-11-7-3/h26,29,32,36,70-72,77H,5-25,27-28,30-31,33-35,37-69H2,1-4H3,(H,82,83)(H,84,85)/b29-26-,36-32-/t70-,71+,72+/m0/s1. The van der Waals surface area contributed by atoms with E-state index in [1.54, 1.807) is 0 Å². The normalized spacial score (nSPS) is 14.1. The third-order valence-electron chi connectivity index (χ3n) is 17.2. The van der Waals surface area contributed by atoms with E-state index in [1.165, 1.54) is 186 Å². The summed E-state index contributed by atoms with van der Waals surface area (Å²) in [4.78, 5) is 72.7. The highest BCUT2D eigenvalue weighted by atomic mass is 31.2. The van der Waals surface area contributed by atoms with Gasteiger partial charge >= 0.3 is 39.5 Å². The van der Waals surface area contributed by atoms with E-state index >= 15 is 0 Å². The summed E-state index contributed by atoms with van der Waals surface area (Å²) >= 11 is 0. The van der Waals surface area contributed by atoms with Crippen LogP contribution in [0.1, 0.15) is 381 Å². The molecule has 0 radical (unpaired) electrons. The van der Waals surface area contributed by atoms with Crippen LogP contribution in [-0.2, 0) is 65.4 Å². The SMILES string of the molecule is CCCCCC/C=C\C=C/CCCCCCCC(=O)O[C@H](COC(=O)CCCCCCCCC)COP(=O)(O)OC[C@H](O)COP(=O)(O)OC[C@@H](COC(=O)CCCCCCCCCCCCCCCCCC)OC(=O)CCCCCCCCCCCCCCCCCCC. The minimum Gasteiger partial charge on any atom is -0.462 e. The number of ether oxygens (including phenoxy) is 4. The van der Waals surface area contributed by atoms with E-state index in [-0.39, 0.29) is 25.7 Å². The van der Waals surface area contributed by atoms with Gasteiger partial charge in [-0.15, -0.1) is 0 Å². The minimum absolute atomic E-state index is 0.0852. The molecule has 560 valence electrons. The quantitative estimate of drug-likeness (QED) is 0.0169. The Morgan fingerprint density at radius 2 is 0.505 bits per heavy atom. The maximum atomic E-state index is 13.1. The second-order valence-corrected chi connectivity index (χ2v) is 29.6. The van der Waals surface area contributed by atoms with Crippen LogP contribution in [0.3, 0.4) is 0 Å². The Labute approximate surface area is 580 Å². The van der Waals surface area contributed by atoms with Gasteiger partial charge in [0.2, 0.25) is 0 Å². The molecule has 0 saturated heterocycles. The van der Waals surface area contributed by atoms with Crippen molar-refractivity contribution in [1.29, 1.82) is 0 Å². The summed E-state index contributed by atoms with van der Waals surface area (Å²) in [7, 11) is -9.92. The Hall–Kier alpha value is -2.46. The summed E-state index contributed by atoms with van der Waals surface area (Å²) in [5, 5.41) is 10.6. The van der Waals surface area contributed by atoms with Gasteiger partial charge < -0.3 is 33.8 Å². The average molecular weight is 1390 g/mol. The number of unbranched alkanes of at least 4 members (excludes halogenated alkanes) is 46. The lowest BCUT2D eigenvalue weighted by molar-refractivity contribution is -0.161. The first-order chi connectivity index (χ1) is 46.2. The summed E-state index contributed by atoms with van der Waals surface area (Å²) < 4.78 is 68.4. The van der Waals surface area contributed by atoms with Crippen LogP contribution in [0.4, 0.5) is 0 Å². The van der Waals surface area contributed by atoms with Crippen LogP contribution >= 0.6 is 15.6 Å². The molecule has 0 aliphatic carbocycles. The van der Waals surface area contributed by atoms with Crippen molar-refractivity contribution < 1.29 is 80.2 Å². The van der Waals surface area contributed by atoms with E-state index < -0.39 is 97.5 Å². The van der Waals surface area contributed by atoms with Crippen LogP contribution in [0.2, 0.25) is 0 Å². The first kappa shape index (κ1) is 92.5. The van der Waals surface area contributed by atoms with E-state index in [4.69, 9.17) is 37.0 Å². The first-order valence-electron chi connectivity index (χ1n) is 39.1. The van der Waals surface area contributed by atoms with Gasteiger partial charge in [-0.2, -0.15) is 0 Å². The van der Waals surface area contributed by atoms with Crippen LogP contribution in [0, 0.1) is 0 Å². The van der Waals surface area contributed by atoms with Gasteiger partial charge in [-0.3, -0.25) is 37.3 Å². The molecule has 0 aromatic rings. The monoisotopic (exact) mass is 1390 g/mol. The first-order valence-corrected chi connectivity index (χ1v) is 42.1. The number of allylic oxidation sites excluding steroid dienone is 4. The molecule has 0 fully saturated rings. The molecule has 0 aliphatic rings. The molecule has 0 heterocycles. The average Bonchev–Trinajstić information content (AvgIpc) is 1.60. The van der Waals surface area contributed by atoms with Crippen molar-refractivity contribution in [3.63, 3.8) is 0 Å². The van der Waals surface area contributed by atoms with Crippen LogP contribution in [0.15, 0.2) is 24.3 Å². The Bertz CT molecular complexity index is 1900. The van der Waals surface area contributed by atoms with Gasteiger partial charge in [0.05, 0.1) is 26.4 Å². The molecule has 0 rings (SSSR count). The topological polar surface area (TPSA) is 237 Å². The Morgan fingerprint density at radius 3 is 0.768 bits per heavy atom. The molecule has 0 aromatic carbocycles. The molecule has 0 amide bonds. The molecule has 2 unspecified atom stereocenters. The van der Waals surface area contributed by atoms with Crippen molar-refractivity contribution in [3.8, 4) is 0 Å². The Balaban J connectivity index is 5.22. The summed E-state index contributed by atoms with van der Waals surface area (Å²) in [5.74, 6) is -2.15. The number of phosphoric acid groups is 2. The second-order valence-electron chi connectivity index (χ2n) is 26.7. The number of phosphoric ester groups is 2. The molecule has 19 heteroatoms. The van der Waals surface area contributed by atoms with Crippen LogP contribution in [0.25, 0.3) is 0 Å². The number of hydrogen-bond acceptors (Lipinski definition) is 15. The summed E-state index contributed by atoms with van der Waals surface area (Å²) in [6, 6.07) is 0. The molecule has 95 heavy (non-hydrogen) atoms. The van der Waals surface area contributed by atoms with E-state index in [2.05, 4.69) is 52.0 Å². The third-order valence-corrected chi connectivity index (χ3v) is 19.1. The molecule has 17 nitrogen and oxygen atoms in total. The van der Waals surface area contributed by atoms with Crippen molar-refractivity contribution in [2.24, 2.45) is 0 Å². The number of aliphatic hydroxyl groups is 1. The molecule has 0 aliphatic heterocycles. The zero-order valence-corrected chi connectivity index (χ0v) is 62.9. The van der Waals surface area contributed by atoms with Gasteiger partial charge in [0.25, 0.3) is 0 Å². The zero-order chi connectivity index (χ0) is 69.7. The minimum atomic E-state index is -4.96. The fourth-order valence-corrected chi connectivity index (χ4v) is 12.8. The van der Waals surface area contributed by atoms with Crippen LogP contribution in [0.5, 0.6) is 0 Å². The van der Waals surface area contributed by atoms with Gasteiger partial charge in [0, 0.05) is 25.7 Å². The highest BCUT2D eigenvalue weighted by Gasteiger charge is 2.30. The predicted octanol–water partition coefficient (Wildman–Crippen LogP) is 22.2. The lowest BCUT2D eigenvalue weighted by Crippen LogP contribution is -2.30. The highest BCUT2D eigenvalue weighted by molar-refractivity contribution is 7.47. The van der Waals surface area contributed by atoms with Crippen molar-refractivity contribution in [2.75, 3.05) is 39.6 Å². The lowest BCUT2D eigenvalue weighted by Gasteiger charge is -2.21. The van der Waals surface area contributed by atoms with E-state index in [9.17, 15) is 43.2 Å². The molecular weight excluding hydrogens is 1250 g/mol. The Morgan fingerprint density at radius 1 is 0.295 bits per heavy atom. The van der Waals surface area contributed by atoms with Crippen LogP contribution < -0.4 is 0 Å². The molecular formula is C76H144O17P2. The predicted molar refractivity (Wildman–Crippen MR) is 386 cm³/mol. The van der Waals surface area contributed by atoms with Gasteiger partial charge in [0.1, 0.15) is 19.3 Å². The Kier molecular flexibility index (Phi) is 68.2. The summed E-state index contributed by atoms with van der Waals surface area (Å²) in [5.41, 5.74) is 0. The maximum Gasteiger partial charge on any atom is 0.472 e. The van der Waals surface area contributed by atoms with Gasteiger partial charge in [-0.05, 0) is 51.4 Å². The van der Waals surface area contributed by atoms with Gasteiger partial charge in [-0.25, -0.2) is 9.13 Å². The second kappa shape index (κ2) is 70.0. The van der Waals surface area contributed by atoms with Crippen molar-refractivity contribution in [2.45, 2.75) is 399 Å². The molecule has 3 N–H and O–H groups in total. The van der Waals surface area contributed by atoms with Gasteiger partial charge in [-0.1, -0.05) is 328 Å². The molecule has 0 bridgehead atoms. The van der Waals surface area contributed by atoms with Crippen LogP contribution in [-0.4, -0.2) is 96.7 Å². The fraction of sp³-hybridized carbons (Fsp3) is 0.895. The van der Waals surface area contributed by atoms with E-state index in [0.717, 1.165) is 116 Å². The lowest BCUT2D eigenvalue weighted by atomic mass is 10.0. The molecule has 0 saturated carbocycles. The van der Waals surface area contributed by atoms with Crippen molar-refractivity contribution >= 4 is 39.5 Å². The van der Waals surface area contributed by atoms with E-state index in [0.29, 0.717) is 25.7 Å². The smallest absolute Gasteiger partial charge is 0.462 e. The number of rotatable bonds is 75. The third kappa shape index (κ3) is 69.8. The maximum absolute atomic E-state index is 13.1. The van der Waals surface area contributed by atoms with E-state index in [1.807, 2.05) is 0 Å². The summed E-state index contributed by atoms with van der Waals surface area (Å²) in [6.45, 7) is 4.89. The number of hydrogen-bond donors (Lipinski definition) is 3. The van der Waals surface area contributed by atoms with Crippen molar-refractivity contribution in [3.05, 3.63) is 24.3 Å². The number of esters is 4. The number of carbonyl (C=O) groups excluding carboxylic acids is 4.